The molecule has 0 unspecified atom stereocenters. The molecule has 27 heavy (non-hydrogen) atoms. The maximum absolute atomic E-state index is 12.7. The van der Waals surface area contributed by atoms with Crippen LogP contribution in [0, 0.1) is 5.92 Å². The average molecular weight is 376 g/mol. The summed E-state index contributed by atoms with van der Waals surface area (Å²) in [7, 11) is 0. The fourth-order valence-electron chi connectivity index (χ4n) is 3.39. The SMILES string of the molecule is CCCCCCCCOC(=O)[C@H]1[C@H](C(C)C)OC(=O)N1Cc1ccccc1. The largest absolute Gasteiger partial charge is 0.464 e. The Morgan fingerprint density at radius 1 is 1.11 bits per heavy atom. The number of amides is 1. The van der Waals surface area contributed by atoms with Crippen molar-refractivity contribution in [2.24, 2.45) is 5.92 Å². The average Bonchev–Trinajstić information content (AvgIpc) is 2.98. The summed E-state index contributed by atoms with van der Waals surface area (Å²) < 4.78 is 11.0. The zero-order valence-corrected chi connectivity index (χ0v) is 16.9. The molecular weight excluding hydrogens is 342 g/mol. The minimum absolute atomic E-state index is 0.0429. The van der Waals surface area contributed by atoms with E-state index in [-0.39, 0.29) is 11.9 Å². The van der Waals surface area contributed by atoms with E-state index in [0.29, 0.717) is 13.2 Å². The highest BCUT2D eigenvalue weighted by Gasteiger charge is 2.48. The fourth-order valence-corrected chi connectivity index (χ4v) is 3.39. The first-order valence-corrected chi connectivity index (χ1v) is 10.2. The molecule has 1 heterocycles. The zero-order chi connectivity index (χ0) is 19.6. The molecule has 2 rings (SSSR count). The monoisotopic (exact) mass is 375 g/mol. The number of benzene rings is 1. The molecular formula is C22H33NO4. The minimum atomic E-state index is -0.683. The van der Waals surface area contributed by atoms with Crippen LogP contribution in [-0.4, -0.2) is 35.7 Å². The molecule has 0 radical (unpaired) electrons. The van der Waals surface area contributed by atoms with Gasteiger partial charge in [-0.25, -0.2) is 9.59 Å². The Labute approximate surface area is 163 Å². The predicted octanol–water partition coefficient (Wildman–Crippen LogP) is 4.94. The van der Waals surface area contributed by atoms with Crippen LogP contribution in [0.25, 0.3) is 0 Å². The highest BCUT2D eigenvalue weighted by atomic mass is 16.6. The van der Waals surface area contributed by atoms with Crippen molar-refractivity contribution < 1.29 is 19.1 Å². The summed E-state index contributed by atoms with van der Waals surface area (Å²) in [5.74, 6) is -0.314. The van der Waals surface area contributed by atoms with Crippen molar-refractivity contribution >= 4 is 12.1 Å². The van der Waals surface area contributed by atoms with Gasteiger partial charge in [-0.1, -0.05) is 83.2 Å². The number of carbonyl (C=O) groups excluding carboxylic acids is 2. The van der Waals surface area contributed by atoms with Gasteiger partial charge in [0.25, 0.3) is 0 Å². The summed E-state index contributed by atoms with van der Waals surface area (Å²) in [6.45, 7) is 6.86. The van der Waals surface area contributed by atoms with Crippen molar-refractivity contribution in [2.75, 3.05) is 6.61 Å². The van der Waals surface area contributed by atoms with E-state index in [4.69, 9.17) is 9.47 Å². The van der Waals surface area contributed by atoms with Gasteiger partial charge in [0.15, 0.2) is 6.04 Å². The van der Waals surface area contributed by atoms with E-state index in [1.165, 1.54) is 30.6 Å². The highest BCUT2D eigenvalue weighted by Crippen LogP contribution is 2.28. The lowest BCUT2D eigenvalue weighted by Gasteiger charge is -2.24. The first-order chi connectivity index (χ1) is 13.0. The number of hydrogen-bond acceptors (Lipinski definition) is 4. The van der Waals surface area contributed by atoms with Crippen LogP contribution in [0.1, 0.15) is 64.9 Å². The lowest BCUT2D eigenvalue weighted by molar-refractivity contribution is -0.150. The Morgan fingerprint density at radius 3 is 2.44 bits per heavy atom. The summed E-state index contributed by atoms with van der Waals surface area (Å²) in [4.78, 5) is 26.6. The van der Waals surface area contributed by atoms with Crippen molar-refractivity contribution in [3.63, 3.8) is 0 Å². The minimum Gasteiger partial charge on any atom is -0.464 e. The maximum atomic E-state index is 12.7. The summed E-state index contributed by atoms with van der Waals surface area (Å²) in [5.41, 5.74) is 0.965. The Kier molecular flexibility index (Phi) is 8.62. The molecule has 5 nitrogen and oxygen atoms in total. The first-order valence-electron chi connectivity index (χ1n) is 10.2. The van der Waals surface area contributed by atoms with Gasteiger partial charge < -0.3 is 9.47 Å². The van der Waals surface area contributed by atoms with Crippen LogP contribution in [0.3, 0.4) is 0 Å². The molecule has 1 amide bonds. The van der Waals surface area contributed by atoms with E-state index in [9.17, 15) is 9.59 Å². The second kappa shape index (κ2) is 11.0. The zero-order valence-electron chi connectivity index (χ0n) is 16.9. The lowest BCUT2D eigenvalue weighted by atomic mass is 9.99. The van der Waals surface area contributed by atoms with Crippen LogP contribution in [0.5, 0.6) is 0 Å². The van der Waals surface area contributed by atoms with Gasteiger partial charge in [-0.05, 0) is 17.9 Å². The van der Waals surface area contributed by atoms with Crippen molar-refractivity contribution in [3.05, 3.63) is 35.9 Å². The summed E-state index contributed by atoms with van der Waals surface area (Å²) in [6.07, 6.45) is 5.89. The van der Waals surface area contributed by atoms with E-state index in [2.05, 4.69) is 6.92 Å². The lowest BCUT2D eigenvalue weighted by Crippen LogP contribution is -2.45. The second-order valence-electron chi connectivity index (χ2n) is 7.59. The quantitative estimate of drug-likeness (QED) is 0.406. The number of hydrogen-bond donors (Lipinski definition) is 0. The topological polar surface area (TPSA) is 55.8 Å². The van der Waals surface area contributed by atoms with Gasteiger partial charge in [0.1, 0.15) is 6.10 Å². The third-order valence-corrected chi connectivity index (χ3v) is 4.95. The molecule has 1 fully saturated rings. The van der Waals surface area contributed by atoms with Gasteiger partial charge in [-0.2, -0.15) is 0 Å². The summed E-state index contributed by atoms with van der Waals surface area (Å²) in [5, 5.41) is 0. The second-order valence-corrected chi connectivity index (χ2v) is 7.59. The molecule has 1 aliphatic rings. The van der Waals surface area contributed by atoms with Gasteiger partial charge in [0.2, 0.25) is 0 Å². The van der Waals surface area contributed by atoms with Gasteiger partial charge in [0.05, 0.1) is 13.2 Å². The normalized spacial score (nSPS) is 19.4. The molecule has 0 aromatic heterocycles. The van der Waals surface area contributed by atoms with Gasteiger partial charge in [-0.3, -0.25) is 4.90 Å². The van der Waals surface area contributed by atoms with Crippen LogP contribution >= 0.6 is 0 Å². The van der Waals surface area contributed by atoms with Crippen molar-refractivity contribution in [1.82, 2.24) is 4.90 Å². The molecule has 5 heteroatoms. The predicted molar refractivity (Wildman–Crippen MR) is 105 cm³/mol. The number of nitrogens with zero attached hydrogens (tertiary/aromatic N) is 1. The molecule has 1 aliphatic heterocycles. The number of rotatable bonds is 11. The van der Waals surface area contributed by atoms with E-state index in [0.717, 1.165) is 18.4 Å². The first kappa shape index (κ1) is 21.3. The van der Waals surface area contributed by atoms with Gasteiger partial charge in [0, 0.05) is 0 Å². The van der Waals surface area contributed by atoms with Crippen molar-refractivity contribution in [1.29, 1.82) is 0 Å². The molecule has 150 valence electrons. The number of carbonyl (C=O) groups is 2. The Balaban J connectivity index is 1.93. The Hall–Kier alpha value is -2.04. The Morgan fingerprint density at radius 2 is 1.78 bits per heavy atom. The molecule has 1 aromatic carbocycles. The number of cyclic esters (lactones) is 1. The summed E-state index contributed by atoms with van der Waals surface area (Å²) >= 11 is 0. The van der Waals surface area contributed by atoms with Crippen LogP contribution in [0.2, 0.25) is 0 Å². The molecule has 0 N–H and O–H groups in total. The van der Waals surface area contributed by atoms with Crippen LogP contribution in [0.15, 0.2) is 30.3 Å². The van der Waals surface area contributed by atoms with Crippen LogP contribution < -0.4 is 0 Å². The molecule has 1 aromatic rings. The molecule has 1 saturated heterocycles. The number of unbranched alkanes of at least 4 members (excludes halogenated alkanes) is 5. The number of ether oxygens (including phenoxy) is 2. The standard InChI is InChI=1S/C22H33NO4/c1-4-5-6-7-8-12-15-26-21(24)19-20(17(2)3)27-22(25)23(19)16-18-13-10-9-11-14-18/h9-11,13-14,17,19-20H,4-8,12,15-16H2,1-3H3/t19-,20+/m1/s1. The highest BCUT2D eigenvalue weighted by molar-refractivity contribution is 5.85. The molecule has 0 saturated carbocycles. The molecule has 0 aliphatic carbocycles. The van der Waals surface area contributed by atoms with Crippen LogP contribution in [-0.2, 0) is 20.8 Å². The van der Waals surface area contributed by atoms with Crippen molar-refractivity contribution in [3.8, 4) is 0 Å². The van der Waals surface area contributed by atoms with E-state index < -0.39 is 18.2 Å². The maximum Gasteiger partial charge on any atom is 0.411 e. The molecule has 0 bridgehead atoms. The number of esters is 1. The van der Waals surface area contributed by atoms with E-state index in [1.807, 2.05) is 44.2 Å². The third-order valence-electron chi connectivity index (χ3n) is 4.95. The van der Waals surface area contributed by atoms with Gasteiger partial charge >= 0.3 is 12.1 Å². The smallest absolute Gasteiger partial charge is 0.411 e. The third kappa shape index (κ3) is 6.26. The summed E-state index contributed by atoms with van der Waals surface area (Å²) in [6, 6.07) is 8.96. The Bertz CT molecular complexity index is 587. The molecule has 2 atom stereocenters. The van der Waals surface area contributed by atoms with E-state index >= 15 is 0 Å². The van der Waals surface area contributed by atoms with Crippen molar-refractivity contribution in [2.45, 2.75) is 78.0 Å². The van der Waals surface area contributed by atoms with Gasteiger partial charge in [-0.15, -0.1) is 0 Å². The van der Waals surface area contributed by atoms with E-state index in [1.54, 1.807) is 0 Å². The molecule has 0 spiro atoms. The fraction of sp³-hybridized carbons (Fsp3) is 0.636. The van der Waals surface area contributed by atoms with Crippen LogP contribution in [0.4, 0.5) is 4.79 Å².